The van der Waals surface area contributed by atoms with Crippen molar-refractivity contribution in [2.45, 2.75) is 5.16 Å². The first-order valence-electron chi connectivity index (χ1n) is 7.70. The van der Waals surface area contributed by atoms with Gasteiger partial charge in [0.25, 0.3) is 5.91 Å². The number of rotatable bonds is 5. The van der Waals surface area contributed by atoms with Gasteiger partial charge in [-0.1, -0.05) is 45.9 Å². The maximum absolute atomic E-state index is 12.0. The topological polar surface area (TPSA) is 76.0 Å². The predicted molar refractivity (Wildman–Crippen MR) is 104 cm³/mol. The van der Waals surface area contributed by atoms with E-state index in [0.29, 0.717) is 10.7 Å². The van der Waals surface area contributed by atoms with E-state index < -0.39 is 0 Å². The Bertz CT molecular complexity index is 897. The van der Waals surface area contributed by atoms with E-state index in [0.717, 1.165) is 10.2 Å². The zero-order valence-electron chi connectivity index (χ0n) is 13.6. The zero-order chi connectivity index (χ0) is 18.4. The summed E-state index contributed by atoms with van der Waals surface area (Å²) in [6.07, 6.45) is 3.51. The highest BCUT2D eigenvalue weighted by atomic mass is 79.9. The zero-order valence-corrected chi connectivity index (χ0v) is 16.0. The number of amides is 2. The normalized spacial score (nSPS) is 10.3. The molecule has 0 aliphatic heterocycles. The summed E-state index contributed by atoms with van der Waals surface area (Å²) < 4.78 is 2.89. The lowest BCUT2D eigenvalue weighted by atomic mass is 10.2. The molecule has 0 atom stereocenters. The molecule has 2 aromatic carbocycles. The maximum atomic E-state index is 12.0. The Morgan fingerprint density at radius 2 is 1.77 bits per heavy atom. The van der Waals surface area contributed by atoms with Gasteiger partial charge in [-0.15, -0.1) is 0 Å². The first-order chi connectivity index (χ1) is 12.6. The Kier molecular flexibility index (Phi) is 6.08. The molecular weight excluding hydrogens is 416 g/mol. The lowest BCUT2D eigenvalue weighted by Crippen LogP contribution is -2.42. The molecule has 132 valence electrons. The molecule has 26 heavy (non-hydrogen) atoms. The molecule has 0 aliphatic carbocycles. The number of nitrogens with zero attached hydrogens (tertiary/aromatic N) is 2. The van der Waals surface area contributed by atoms with Gasteiger partial charge < -0.3 is 0 Å². The van der Waals surface area contributed by atoms with Crippen LogP contribution in [0.2, 0.25) is 0 Å². The number of carbonyl (C=O) groups excluding carboxylic acids is 2. The van der Waals surface area contributed by atoms with Crippen LogP contribution < -0.4 is 10.9 Å². The molecule has 0 bridgehead atoms. The first kappa shape index (κ1) is 18.2. The molecule has 3 rings (SSSR count). The number of halogens is 1. The van der Waals surface area contributed by atoms with Gasteiger partial charge in [0.15, 0.2) is 5.16 Å². The summed E-state index contributed by atoms with van der Waals surface area (Å²) in [4.78, 5) is 28.1. The highest BCUT2D eigenvalue weighted by Gasteiger charge is 2.10. The number of benzene rings is 2. The van der Waals surface area contributed by atoms with Crippen LogP contribution in [-0.4, -0.2) is 27.1 Å². The van der Waals surface area contributed by atoms with Gasteiger partial charge in [0.1, 0.15) is 0 Å². The second-order valence-electron chi connectivity index (χ2n) is 5.21. The van der Waals surface area contributed by atoms with E-state index in [1.807, 2.05) is 41.1 Å². The summed E-state index contributed by atoms with van der Waals surface area (Å²) in [6.45, 7) is 0. The van der Waals surface area contributed by atoms with Gasteiger partial charge in [-0.25, -0.2) is 4.98 Å². The fourth-order valence-corrected chi connectivity index (χ4v) is 3.19. The van der Waals surface area contributed by atoms with Gasteiger partial charge in [-0.2, -0.15) is 0 Å². The SMILES string of the molecule is O=C(CSc1nccn1-c1ccc(Br)cc1)NNC(=O)c1ccccc1. The minimum atomic E-state index is -0.361. The molecule has 0 fully saturated rings. The molecule has 0 unspecified atom stereocenters. The van der Waals surface area contributed by atoms with E-state index in [9.17, 15) is 9.59 Å². The molecule has 0 saturated heterocycles. The van der Waals surface area contributed by atoms with Crippen LogP contribution in [0, 0.1) is 0 Å². The van der Waals surface area contributed by atoms with Gasteiger partial charge in [-0.05, 0) is 36.4 Å². The summed E-state index contributed by atoms with van der Waals surface area (Å²) >= 11 is 4.69. The third kappa shape index (κ3) is 4.74. The summed E-state index contributed by atoms with van der Waals surface area (Å²) in [5.41, 5.74) is 6.23. The molecule has 1 aromatic heterocycles. The van der Waals surface area contributed by atoms with Crippen molar-refractivity contribution in [1.29, 1.82) is 0 Å². The van der Waals surface area contributed by atoms with Gasteiger partial charge in [0, 0.05) is 28.1 Å². The van der Waals surface area contributed by atoms with Gasteiger partial charge >= 0.3 is 0 Å². The number of hydrogen-bond acceptors (Lipinski definition) is 4. The van der Waals surface area contributed by atoms with Crippen LogP contribution >= 0.6 is 27.7 Å². The number of carbonyl (C=O) groups is 2. The van der Waals surface area contributed by atoms with Crippen molar-refractivity contribution in [2.24, 2.45) is 0 Å². The number of imidazole rings is 1. The van der Waals surface area contributed by atoms with Crippen molar-refractivity contribution < 1.29 is 9.59 Å². The van der Waals surface area contributed by atoms with E-state index in [1.165, 1.54) is 11.8 Å². The van der Waals surface area contributed by atoms with Gasteiger partial charge in [0.2, 0.25) is 5.91 Å². The Hall–Kier alpha value is -2.58. The molecule has 0 aliphatic rings. The molecule has 1 heterocycles. The lowest BCUT2D eigenvalue weighted by molar-refractivity contribution is -0.119. The molecule has 0 saturated carbocycles. The fraction of sp³-hybridized carbons (Fsp3) is 0.0556. The quantitative estimate of drug-likeness (QED) is 0.481. The van der Waals surface area contributed by atoms with Crippen LogP contribution in [0.5, 0.6) is 0 Å². The van der Waals surface area contributed by atoms with Crippen LogP contribution in [0.25, 0.3) is 5.69 Å². The average Bonchev–Trinajstić information content (AvgIpc) is 3.14. The first-order valence-corrected chi connectivity index (χ1v) is 9.47. The highest BCUT2D eigenvalue weighted by Crippen LogP contribution is 2.21. The molecule has 2 N–H and O–H groups in total. The minimum Gasteiger partial charge on any atom is -0.295 e. The lowest BCUT2D eigenvalue weighted by Gasteiger charge is -2.09. The fourth-order valence-electron chi connectivity index (χ4n) is 2.15. The molecule has 8 heteroatoms. The number of hydrogen-bond donors (Lipinski definition) is 2. The molecule has 2 amide bonds. The third-order valence-corrected chi connectivity index (χ3v) is 4.89. The Labute approximate surface area is 163 Å². The second kappa shape index (κ2) is 8.68. The summed E-state index contributed by atoms with van der Waals surface area (Å²) in [5, 5.41) is 0.692. The van der Waals surface area contributed by atoms with Crippen molar-refractivity contribution in [3.05, 3.63) is 77.0 Å². The van der Waals surface area contributed by atoms with E-state index in [-0.39, 0.29) is 17.6 Å². The second-order valence-corrected chi connectivity index (χ2v) is 7.07. The molecule has 0 spiro atoms. The number of thioether (sulfide) groups is 1. The van der Waals surface area contributed by atoms with Crippen molar-refractivity contribution in [2.75, 3.05) is 5.75 Å². The van der Waals surface area contributed by atoms with Crippen molar-refractivity contribution in [3.8, 4) is 5.69 Å². The van der Waals surface area contributed by atoms with E-state index >= 15 is 0 Å². The van der Waals surface area contributed by atoms with Crippen LogP contribution in [0.4, 0.5) is 0 Å². The van der Waals surface area contributed by atoms with Crippen molar-refractivity contribution in [3.63, 3.8) is 0 Å². The minimum absolute atomic E-state index is 0.128. The number of nitrogens with one attached hydrogen (secondary N) is 2. The standard InChI is InChI=1S/C18H15BrN4O2S/c19-14-6-8-15(9-7-14)23-11-10-20-18(23)26-12-16(24)21-22-17(25)13-4-2-1-3-5-13/h1-11H,12H2,(H,21,24)(H,22,25). The molecule has 6 nitrogen and oxygen atoms in total. The number of aromatic nitrogens is 2. The van der Waals surface area contributed by atoms with Gasteiger partial charge in [0.05, 0.1) is 5.75 Å². The smallest absolute Gasteiger partial charge is 0.269 e. The van der Waals surface area contributed by atoms with Gasteiger partial charge in [-0.3, -0.25) is 25.0 Å². The summed E-state index contributed by atoms with van der Waals surface area (Å²) in [7, 11) is 0. The Morgan fingerprint density at radius 3 is 2.50 bits per heavy atom. The van der Waals surface area contributed by atoms with Crippen molar-refractivity contribution >= 4 is 39.5 Å². The summed E-state index contributed by atoms with van der Waals surface area (Å²) in [6, 6.07) is 16.5. The van der Waals surface area contributed by atoms with E-state index in [1.54, 1.807) is 30.5 Å². The monoisotopic (exact) mass is 430 g/mol. The third-order valence-electron chi connectivity index (χ3n) is 3.40. The summed E-state index contributed by atoms with van der Waals surface area (Å²) in [5.74, 6) is -0.548. The van der Waals surface area contributed by atoms with E-state index in [2.05, 4.69) is 31.8 Å². The van der Waals surface area contributed by atoms with Crippen LogP contribution in [0.1, 0.15) is 10.4 Å². The maximum Gasteiger partial charge on any atom is 0.269 e. The molecule has 3 aromatic rings. The predicted octanol–water partition coefficient (Wildman–Crippen LogP) is 3.19. The average molecular weight is 431 g/mol. The molecular formula is C18H15BrN4O2S. The van der Waals surface area contributed by atoms with Crippen LogP contribution in [0.15, 0.2) is 76.6 Å². The molecule has 0 radical (unpaired) electrons. The largest absolute Gasteiger partial charge is 0.295 e. The van der Waals surface area contributed by atoms with Crippen molar-refractivity contribution in [1.82, 2.24) is 20.4 Å². The Balaban J connectivity index is 1.53. The Morgan fingerprint density at radius 1 is 1.04 bits per heavy atom. The van der Waals surface area contributed by atoms with Crippen LogP contribution in [-0.2, 0) is 4.79 Å². The van der Waals surface area contributed by atoms with Crippen LogP contribution in [0.3, 0.4) is 0 Å². The number of hydrazine groups is 1. The highest BCUT2D eigenvalue weighted by molar-refractivity contribution is 9.10. The van der Waals surface area contributed by atoms with E-state index in [4.69, 9.17) is 0 Å².